The molecule has 0 aliphatic carbocycles. The quantitative estimate of drug-likeness (QED) is 0.403. The number of benzene rings is 2. The minimum Gasteiger partial charge on any atom is -0.493 e. The number of anilines is 1. The highest BCUT2D eigenvalue weighted by Gasteiger charge is 2.18. The number of hydrogen-bond donors (Lipinski definition) is 1. The van der Waals surface area contributed by atoms with E-state index in [1.807, 2.05) is 0 Å². The van der Waals surface area contributed by atoms with Crippen LogP contribution in [-0.4, -0.2) is 37.1 Å². The molecule has 9 nitrogen and oxygen atoms in total. The van der Waals surface area contributed by atoms with Gasteiger partial charge in [0.1, 0.15) is 0 Å². The predicted octanol–water partition coefficient (Wildman–Crippen LogP) is 3.31. The molecule has 0 fully saturated rings. The Kier molecular flexibility index (Phi) is 7.01. The molecule has 29 heavy (non-hydrogen) atoms. The van der Waals surface area contributed by atoms with Gasteiger partial charge in [-0.2, -0.15) is 8.78 Å². The van der Waals surface area contributed by atoms with Crippen molar-refractivity contribution in [2.45, 2.75) is 13.5 Å². The molecule has 0 radical (unpaired) electrons. The minimum absolute atomic E-state index is 0.0530. The number of halogens is 2. The molecule has 1 N–H and O–H groups in total. The van der Waals surface area contributed by atoms with Crippen molar-refractivity contribution in [3.63, 3.8) is 0 Å². The van der Waals surface area contributed by atoms with Gasteiger partial charge in [-0.25, -0.2) is 4.79 Å². The summed E-state index contributed by atoms with van der Waals surface area (Å²) in [5.74, 6) is -2.00. The van der Waals surface area contributed by atoms with Gasteiger partial charge in [-0.05, 0) is 31.2 Å². The number of methoxy groups -OCH3 is 1. The predicted molar refractivity (Wildman–Crippen MR) is 96.4 cm³/mol. The normalized spacial score (nSPS) is 10.4. The number of ether oxygens (including phenoxy) is 3. The molecular formula is C18H16F2N2O7. The van der Waals surface area contributed by atoms with Crippen LogP contribution in [0.3, 0.4) is 0 Å². The number of nitrogens with one attached hydrogen (secondary N) is 1. The third kappa shape index (κ3) is 5.61. The van der Waals surface area contributed by atoms with Gasteiger partial charge in [-0.1, -0.05) is 6.07 Å². The van der Waals surface area contributed by atoms with Crippen molar-refractivity contribution in [2.24, 2.45) is 0 Å². The summed E-state index contributed by atoms with van der Waals surface area (Å²) in [5, 5.41) is 13.3. The van der Waals surface area contributed by atoms with Crippen LogP contribution in [0.1, 0.15) is 15.9 Å². The van der Waals surface area contributed by atoms with Gasteiger partial charge in [0, 0.05) is 6.07 Å². The fourth-order valence-corrected chi connectivity index (χ4v) is 2.35. The van der Waals surface area contributed by atoms with Crippen molar-refractivity contribution in [2.75, 3.05) is 19.0 Å². The molecule has 2 rings (SSSR count). The summed E-state index contributed by atoms with van der Waals surface area (Å²) >= 11 is 0. The molecule has 0 unspecified atom stereocenters. The number of esters is 1. The van der Waals surface area contributed by atoms with Crippen molar-refractivity contribution < 1.29 is 37.5 Å². The number of amides is 1. The van der Waals surface area contributed by atoms with Crippen LogP contribution in [0.25, 0.3) is 0 Å². The Morgan fingerprint density at radius 3 is 2.55 bits per heavy atom. The second-order valence-electron chi connectivity index (χ2n) is 5.58. The highest BCUT2D eigenvalue weighted by Crippen LogP contribution is 2.29. The second-order valence-corrected chi connectivity index (χ2v) is 5.58. The van der Waals surface area contributed by atoms with E-state index in [1.54, 1.807) is 0 Å². The summed E-state index contributed by atoms with van der Waals surface area (Å²) < 4.78 is 38.7. The lowest BCUT2D eigenvalue weighted by Gasteiger charge is -2.12. The van der Waals surface area contributed by atoms with Gasteiger partial charge >= 0.3 is 12.6 Å². The van der Waals surface area contributed by atoms with Crippen LogP contribution in [-0.2, 0) is 9.53 Å². The maximum atomic E-state index is 12.3. The van der Waals surface area contributed by atoms with Crippen molar-refractivity contribution in [1.82, 2.24) is 0 Å². The van der Waals surface area contributed by atoms with Crippen LogP contribution in [0.5, 0.6) is 11.5 Å². The smallest absolute Gasteiger partial charge is 0.387 e. The number of nitro benzene ring substituents is 1. The van der Waals surface area contributed by atoms with Gasteiger partial charge in [0.05, 0.1) is 28.8 Å². The summed E-state index contributed by atoms with van der Waals surface area (Å²) in [7, 11) is 1.21. The molecule has 2 aromatic rings. The number of rotatable bonds is 8. The van der Waals surface area contributed by atoms with E-state index in [1.165, 1.54) is 38.3 Å². The first-order chi connectivity index (χ1) is 13.7. The van der Waals surface area contributed by atoms with Crippen LogP contribution in [0.4, 0.5) is 20.2 Å². The molecule has 154 valence electrons. The van der Waals surface area contributed by atoms with E-state index in [9.17, 15) is 28.5 Å². The Morgan fingerprint density at radius 1 is 1.21 bits per heavy atom. The molecule has 0 saturated carbocycles. The zero-order chi connectivity index (χ0) is 21.6. The first kappa shape index (κ1) is 21.5. The lowest BCUT2D eigenvalue weighted by molar-refractivity contribution is -0.385. The lowest BCUT2D eigenvalue weighted by atomic mass is 10.1. The maximum Gasteiger partial charge on any atom is 0.387 e. The van der Waals surface area contributed by atoms with Gasteiger partial charge in [0.15, 0.2) is 18.1 Å². The summed E-state index contributed by atoms with van der Waals surface area (Å²) in [6, 6.07) is 7.57. The van der Waals surface area contributed by atoms with E-state index in [-0.39, 0.29) is 34.0 Å². The van der Waals surface area contributed by atoms with Crippen LogP contribution >= 0.6 is 0 Å². The van der Waals surface area contributed by atoms with Gasteiger partial charge in [-0.15, -0.1) is 0 Å². The number of carbonyl (C=O) groups excluding carboxylic acids is 2. The fourth-order valence-electron chi connectivity index (χ4n) is 2.35. The molecule has 0 aromatic heterocycles. The van der Waals surface area contributed by atoms with Crippen molar-refractivity contribution >= 4 is 23.3 Å². The Balaban J connectivity index is 2.01. The third-order valence-corrected chi connectivity index (χ3v) is 3.73. The number of nitro groups is 1. The molecule has 0 bridgehead atoms. The topological polar surface area (TPSA) is 117 Å². The highest BCUT2D eigenvalue weighted by atomic mass is 19.3. The number of hydrogen-bond acceptors (Lipinski definition) is 7. The van der Waals surface area contributed by atoms with E-state index in [4.69, 9.17) is 9.47 Å². The number of nitrogens with zero attached hydrogens (tertiary/aromatic N) is 1. The van der Waals surface area contributed by atoms with Crippen molar-refractivity contribution in [1.29, 1.82) is 0 Å². The molecule has 0 heterocycles. The van der Waals surface area contributed by atoms with Gasteiger partial charge in [0.25, 0.3) is 11.6 Å². The van der Waals surface area contributed by atoms with E-state index in [0.717, 1.165) is 12.1 Å². The van der Waals surface area contributed by atoms with Crippen molar-refractivity contribution in [3.8, 4) is 11.5 Å². The Labute approximate surface area is 163 Å². The molecular weight excluding hydrogens is 394 g/mol. The molecule has 2 aromatic carbocycles. The molecule has 0 aliphatic heterocycles. The number of carbonyl (C=O) groups is 2. The third-order valence-electron chi connectivity index (χ3n) is 3.73. The fraction of sp³-hybridized carbons (Fsp3) is 0.222. The zero-order valence-corrected chi connectivity index (χ0v) is 15.3. The summed E-state index contributed by atoms with van der Waals surface area (Å²) in [6.45, 7) is -2.27. The molecule has 0 aliphatic rings. The summed E-state index contributed by atoms with van der Waals surface area (Å²) in [4.78, 5) is 34.4. The average molecular weight is 410 g/mol. The van der Waals surface area contributed by atoms with E-state index in [0.29, 0.717) is 0 Å². The first-order valence-corrected chi connectivity index (χ1v) is 8.06. The van der Waals surface area contributed by atoms with Crippen LogP contribution in [0.15, 0.2) is 36.4 Å². The summed E-state index contributed by atoms with van der Waals surface area (Å²) in [5.41, 5.74) is 0.229. The molecule has 0 atom stereocenters. The Morgan fingerprint density at radius 2 is 1.93 bits per heavy atom. The van der Waals surface area contributed by atoms with Gasteiger partial charge < -0.3 is 19.5 Å². The molecule has 0 spiro atoms. The standard InChI is InChI=1S/C18H16F2N2O7/c1-10-12(4-3-5-13(10)22(25)26)21-16(23)9-28-17(24)11-6-7-14(29-18(19)20)15(8-11)27-2/h3-8,18H,9H2,1-2H3,(H,21,23). The summed E-state index contributed by atoms with van der Waals surface area (Å²) in [6.07, 6.45) is 0. The second kappa shape index (κ2) is 9.44. The largest absolute Gasteiger partial charge is 0.493 e. The molecule has 0 saturated heterocycles. The van der Waals surface area contributed by atoms with Crippen LogP contribution in [0, 0.1) is 17.0 Å². The first-order valence-electron chi connectivity index (χ1n) is 8.06. The van der Waals surface area contributed by atoms with E-state index in [2.05, 4.69) is 10.1 Å². The van der Waals surface area contributed by atoms with E-state index >= 15 is 0 Å². The maximum absolute atomic E-state index is 12.3. The lowest BCUT2D eigenvalue weighted by Crippen LogP contribution is -2.21. The minimum atomic E-state index is -3.07. The molecule has 1 amide bonds. The highest BCUT2D eigenvalue weighted by molar-refractivity contribution is 5.96. The SMILES string of the molecule is COc1cc(C(=O)OCC(=O)Nc2cccc([N+](=O)[O-])c2C)ccc1OC(F)F. The monoisotopic (exact) mass is 410 g/mol. The number of alkyl halides is 2. The van der Waals surface area contributed by atoms with Gasteiger partial charge in [-0.3, -0.25) is 14.9 Å². The average Bonchev–Trinajstić information content (AvgIpc) is 2.67. The Hall–Kier alpha value is -3.76. The van der Waals surface area contributed by atoms with Crippen molar-refractivity contribution in [3.05, 3.63) is 57.6 Å². The molecule has 11 heteroatoms. The van der Waals surface area contributed by atoms with Crippen LogP contribution < -0.4 is 14.8 Å². The van der Waals surface area contributed by atoms with E-state index < -0.39 is 30.0 Å². The zero-order valence-electron chi connectivity index (χ0n) is 15.3. The van der Waals surface area contributed by atoms with Gasteiger partial charge in [0.2, 0.25) is 0 Å². The Bertz CT molecular complexity index is 934. The van der Waals surface area contributed by atoms with Crippen LogP contribution in [0.2, 0.25) is 0 Å².